The summed E-state index contributed by atoms with van der Waals surface area (Å²) in [5.74, 6) is 0.129. The van der Waals surface area contributed by atoms with Gasteiger partial charge in [-0.1, -0.05) is 30.3 Å². The third-order valence-corrected chi connectivity index (χ3v) is 3.54. The van der Waals surface area contributed by atoms with Gasteiger partial charge in [-0.25, -0.2) is 4.79 Å². The molecule has 7 nitrogen and oxygen atoms in total. The Morgan fingerprint density at radius 2 is 1.62 bits per heavy atom. The molecule has 0 saturated heterocycles. The maximum atomic E-state index is 12.0. The highest BCUT2D eigenvalue weighted by molar-refractivity contribution is 5.99. The molecule has 0 radical (unpaired) electrons. The second kappa shape index (κ2) is 8.75. The zero-order chi connectivity index (χ0) is 19.1. The molecule has 0 spiro atoms. The first-order chi connectivity index (χ1) is 12.5. The number of ether oxygens (including phenoxy) is 5. The normalized spacial score (nSPS) is 10.0. The Balaban J connectivity index is 2.52. The van der Waals surface area contributed by atoms with Crippen LogP contribution in [0, 0.1) is 0 Å². The Kier molecular flexibility index (Phi) is 6.43. The number of methoxy groups -OCH3 is 3. The third kappa shape index (κ3) is 4.24. The van der Waals surface area contributed by atoms with Crippen LogP contribution in [0.1, 0.15) is 22.8 Å². The summed E-state index contributed by atoms with van der Waals surface area (Å²) in [5.41, 5.74) is 1.03. The average Bonchev–Trinajstić information content (AvgIpc) is 2.66. The smallest absolute Gasteiger partial charge is 0.493 e. The van der Waals surface area contributed by atoms with E-state index >= 15 is 0 Å². The summed E-state index contributed by atoms with van der Waals surface area (Å²) in [6.07, 6.45) is -0.982. The SMILES string of the molecule is COC(=O)Oc1c(C(C)=O)cc(OC)c(OCc2ccccc2)c1OC. The standard InChI is InChI=1S/C19H20O7/c1-12(20)14-10-15(22-2)17(25-11-13-8-6-5-7-9-13)18(23-3)16(14)26-19(21)24-4/h5-10H,11H2,1-4H3. The molecule has 0 N–H and O–H groups in total. The molecule has 0 aromatic heterocycles. The molecule has 0 amide bonds. The molecule has 7 heteroatoms. The summed E-state index contributed by atoms with van der Waals surface area (Å²) in [5, 5.41) is 0. The van der Waals surface area contributed by atoms with Crippen molar-refractivity contribution < 1.29 is 33.3 Å². The first-order valence-electron chi connectivity index (χ1n) is 7.74. The van der Waals surface area contributed by atoms with Gasteiger partial charge >= 0.3 is 6.16 Å². The highest BCUT2D eigenvalue weighted by atomic mass is 16.7. The van der Waals surface area contributed by atoms with Crippen molar-refractivity contribution in [2.45, 2.75) is 13.5 Å². The molecule has 0 aliphatic rings. The van der Waals surface area contributed by atoms with Gasteiger partial charge in [0.05, 0.1) is 26.9 Å². The van der Waals surface area contributed by atoms with Crippen LogP contribution in [0.5, 0.6) is 23.0 Å². The fourth-order valence-electron chi connectivity index (χ4n) is 2.29. The van der Waals surface area contributed by atoms with E-state index in [1.165, 1.54) is 34.3 Å². The summed E-state index contributed by atoms with van der Waals surface area (Å²) < 4.78 is 26.2. The molecule has 0 saturated carbocycles. The van der Waals surface area contributed by atoms with E-state index in [2.05, 4.69) is 4.74 Å². The van der Waals surface area contributed by atoms with Crippen molar-refractivity contribution >= 4 is 11.9 Å². The Hall–Kier alpha value is -3.22. The molecule has 0 bridgehead atoms. The van der Waals surface area contributed by atoms with Crippen LogP contribution >= 0.6 is 0 Å². The fourth-order valence-corrected chi connectivity index (χ4v) is 2.29. The molecule has 2 aromatic rings. The molecular weight excluding hydrogens is 340 g/mol. The molecule has 2 aromatic carbocycles. The molecule has 0 atom stereocenters. The van der Waals surface area contributed by atoms with Crippen LogP contribution in [0.2, 0.25) is 0 Å². The first kappa shape index (κ1) is 19.1. The van der Waals surface area contributed by atoms with Crippen LogP contribution in [-0.2, 0) is 11.3 Å². The molecule has 138 valence electrons. The highest BCUT2D eigenvalue weighted by Gasteiger charge is 2.26. The minimum Gasteiger partial charge on any atom is -0.493 e. The second-order valence-corrected chi connectivity index (χ2v) is 5.20. The van der Waals surface area contributed by atoms with Gasteiger partial charge in [-0.15, -0.1) is 0 Å². The predicted molar refractivity (Wildman–Crippen MR) is 93.4 cm³/mol. The number of carbonyl (C=O) groups is 2. The summed E-state index contributed by atoms with van der Waals surface area (Å²) in [6.45, 7) is 1.56. The number of hydrogen-bond acceptors (Lipinski definition) is 7. The Labute approximate surface area is 151 Å². The van der Waals surface area contributed by atoms with E-state index in [0.717, 1.165) is 5.56 Å². The van der Waals surface area contributed by atoms with Gasteiger partial charge in [-0.3, -0.25) is 4.79 Å². The van der Waals surface area contributed by atoms with Gasteiger partial charge in [-0.2, -0.15) is 0 Å². The number of Topliss-reactive ketones (excluding diaryl/α,β-unsaturated/α-hetero) is 1. The topological polar surface area (TPSA) is 80.3 Å². The monoisotopic (exact) mass is 360 g/mol. The van der Waals surface area contributed by atoms with E-state index in [1.807, 2.05) is 30.3 Å². The number of carbonyl (C=O) groups excluding carboxylic acids is 2. The van der Waals surface area contributed by atoms with E-state index in [1.54, 1.807) is 0 Å². The first-order valence-corrected chi connectivity index (χ1v) is 7.74. The number of hydrogen-bond donors (Lipinski definition) is 0. The van der Waals surface area contributed by atoms with Gasteiger partial charge in [0.15, 0.2) is 17.3 Å². The van der Waals surface area contributed by atoms with Gasteiger partial charge in [0.2, 0.25) is 11.5 Å². The van der Waals surface area contributed by atoms with E-state index in [9.17, 15) is 9.59 Å². The molecule has 0 unspecified atom stereocenters. The molecule has 2 rings (SSSR count). The zero-order valence-electron chi connectivity index (χ0n) is 15.0. The Morgan fingerprint density at radius 3 is 2.15 bits per heavy atom. The average molecular weight is 360 g/mol. The van der Waals surface area contributed by atoms with Crippen LogP contribution in [0.25, 0.3) is 0 Å². The van der Waals surface area contributed by atoms with E-state index in [-0.39, 0.29) is 41.0 Å². The van der Waals surface area contributed by atoms with Crippen molar-refractivity contribution in [1.82, 2.24) is 0 Å². The fraction of sp³-hybridized carbons (Fsp3) is 0.263. The van der Waals surface area contributed by atoms with Crippen molar-refractivity contribution in [2.75, 3.05) is 21.3 Å². The van der Waals surface area contributed by atoms with E-state index < -0.39 is 6.16 Å². The summed E-state index contributed by atoms with van der Waals surface area (Å²) >= 11 is 0. The van der Waals surface area contributed by atoms with Gasteiger partial charge in [0, 0.05) is 0 Å². The maximum absolute atomic E-state index is 12.0. The lowest BCUT2D eigenvalue weighted by atomic mass is 10.1. The number of ketones is 1. The van der Waals surface area contributed by atoms with Crippen molar-refractivity contribution in [2.24, 2.45) is 0 Å². The summed E-state index contributed by atoms with van der Waals surface area (Å²) in [4.78, 5) is 23.6. The molecule has 0 fully saturated rings. The summed E-state index contributed by atoms with van der Waals surface area (Å²) in [6, 6.07) is 10.9. The van der Waals surface area contributed by atoms with Crippen molar-refractivity contribution in [3.63, 3.8) is 0 Å². The summed E-state index contributed by atoms with van der Waals surface area (Å²) in [7, 11) is 3.98. The minimum atomic E-state index is -0.982. The van der Waals surface area contributed by atoms with Gasteiger partial charge in [0.1, 0.15) is 6.61 Å². The van der Waals surface area contributed by atoms with Crippen LogP contribution in [0.15, 0.2) is 36.4 Å². The van der Waals surface area contributed by atoms with Crippen LogP contribution < -0.4 is 18.9 Å². The lowest BCUT2D eigenvalue weighted by Crippen LogP contribution is -2.12. The third-order valence-electron chi connectivity index (χ3n) is 3.54. The molecule has 0 aliphatic heterocycles. The molecule has 26 heavy (non-hydrogen) atoms. The quantitative estimate of drug-likeness (QED) is 0.424. The number of rotatable bonds is 7. The molecule has 0 aliphatic carbocycles. The van der Waals surface area contributed by atoms with E-state index in [0.29, 0.717) is 0 Å². The van der Waals surface area contributed by atoms with Gasteiger partial charge < -0.3 is 23.7 Å². The van der Waals surface area contributed by atoms with Crippen LogP contribution in [0.4, 0.5) is 4.79 Å². The molecule has 0 heterocycles. The van der Waals surface area contributed by atoms with Crippen molar-refractivity contribution in [3.05, 3.63) is 47.5 Å². The zero-order valence-corrected chi connectivity index (χ0v) is 15.0. The number of benzene rings is 2. The predicted octanol–water partition coefficient (Wildman–Crippen LogP) is 3.63. The minimum absolute atomic E-state index is 0.0656. The lowest BCUT2D eigenvalue weighted by molar-refractivity contribution is 0.100. The molecular formula is C19H20O7. The van der Waals surface area contributed by atoms with Crippen LogP contribution in [-0.4, -0.2) is 33.3 Å². The Morgan fingerprint density at radius 1 is 0.923 bits per heavy atom. The lowest BCUT2D eigenvalue weighted by Gasteiger charge is -2.19. The van der Waals surface area contributed by atoms with Gasteiger partial charge in [0.25, 0.3) is 0 Å². The van der Waals surface area contributed by atoms with Crippen LogP contribution in [0.3, 0.4) is 0 Å². The Bertz CT molecular complexity index is 784. The largest absolute Gasteiger partial charge is 0.513 e. The van der Waals surface area contributed by atoms with Gasteiger partial charge in [-0.05, 0) is 18.6 Å². The second-order valence-electron chi connectivity index (χ2n) is 5.20. The van der Waals surface area contributed by atoms with Crippen molar-refractivity contribution in [1.29, 1.82) is 0 Å². The maximum Gasteiger partial charge on any atom is 0.513 e. The highest BCUT2D eigenvalue weighted by Crippen LogP contribution is 2.47. The van der Waals surface area contributed by atoms with Crippen molar-refractivity contribution in [3.8, 4) is 23.0 Å². The van der Waals surface area contributed by atoms with E-state index in [4.69, 9.17) is 18.9 Å².